The fourth-order valence-electron chi connectivity index (χ4n) is 1.22. The van der Waals surface area contributed by atoms with Gasteiger partial charge in [-0.3, -0.25) is 10.1 Å². The smallest absolute Gasteiger partial charge is 0.238 e. The highest BCUT2D eigenvalue weighted by molar-refractivity contribution is 7.99. The van der Waals surface area contributed by atoms with Crippen LogP contribution in [0.3, 0.4) is 0 Å². The van der Waals surface area contributed by atoms with Gasteiger partial charge in [0.05, 0.1) is 6.04 Å². The summed E-state index contributed by atoms with van der Waals surface area (Å²) in [6.07, 6.45) is 2.65. The third kappa shape index (κ3) is 3.40. The van der Waals surface area contributed by atoms with Crippen LogP contribution in [-0.4, -0.2) is 29.6 Å². The minimum atomic E-state index is -0.00253. The van der Waals surface area contributed by atoms with E-state index in [9.17, 15) is 4.79 Å². The molecular weight excluding hydrogens is 184 g/mol. The molecule has 1 aliphatic rings. The van der Waals surface area contributed by atoms with E-state index in [1.807, 2.05) is 13.0 Å². The minimum Gasteiger partial charge on any atom is -0.352 e. The van der Waals surface area contributed by atoms with Crippen LogP contribution in [0.4, 0.5) is 0 Å². The fraction of sp³-hybridized carbons (Fsp3) is 0.667. The van der Waals surface area contributed by atoms with Gasteiger partial charge in [-0.25, -0.2) is 0 Å². The van der Waals surface area contributed by atoms with Crippen molar-refractivity contribution in [2.45, 2.75) is 25.4 Å². The summed E-state index contributed by atoms with van der Waals surface area (Å²) in [5.74, 6) is 1.87. The average molecular weight is 200 g/mol. The van der Waals surface area contributed by atoms with Crippen LogP contribution >= 0.6 is 11.8 Å². The third-order valence-corrected chi connectivity index (χ3v) is 2.88. The largest absolute Gasteiger partial charge is 0.352 e. The number of rotatable bonds is 4. The van der Waals surface area contributed by atoms with Crippen molar-refractivity contribution in [1.29, 1.82) is 0 Å². The second-order valence-corrected chi connectivity index (χ2v) is 4.24. The number of carbonyl (C=O) groups excluding carboxylic acids is 1. The SMILES string of the molecule is C=CCC(C)NC(=O)[C@H]1CSCN1. The lowest BCUT2D eigenvalue weighted by atomic mass is 10.2. The lowest BCUT2D eigenvalue weighted by molar-refractivity contribution is -0.122. The van der Waals surface area contributed by atoms with Crippen LogP contribution in [-0.2, 0) is 4.79 Å². The van der Waals surface area contributed by atoms with Gasteiger partial charge in [-0.15, -0.1) is 18.3 Å². The normalized spacial score (nSPS) is 23.9. The molecule has 0 aliphatic carbocycles. The third-order valence-electron chi connectivity index (χ3n) is 1.94. The molecule has 4 heteroatoms. The van der Waals surface area contributed by atoms with E-state index < -0.39 is 0 Å². The molecule has 0 aromatic heterocycles. The van der Waals surface area contributed by atoms with Crippen molar-refractivity contribution in [1.82, 2.24) is 10.6 Å². The summed E-state index contributed by atoms with van der Waals surface area (Å²) in [6.45, 7) is 5.62. The van der Waals surface area contributed by atoms with E-state index in [0.29, 0.717) is 0 Å². The molecular formula is C9H16N2OS. The number of nitrogens with one attached hydrogen (secondary N) is 2. The van der Waals surface area contributed by atoms with E-state index in [1.54, 1.807) is 11.8 Å². The fourth-order valence-corrected chi connectivity index (χ4v) is 2.16. The molecule has 0 aromatic rings. The molecule has 1 unspecified atom stereocenters. The van der Waals surface area contributed by atoms with E-state index in [4.69, 9.17) is 0 Å². The number of thioether (sulfide) groups is 1. The van der Waals surface area contributed by atoms with Gasteiger partial charge in [0, 0.05) is 17.7 Å². The Balaban J connectivity index is 2.26. The quantitative estimate of drug-likeness (QED) is 0.657. The minimum absolute atomic E-state index is 0.00253. The highest BCUT2D eigenvalue weighted by atomic mass is 32.2. The van der Waals surface area contributed by atoms with Gasteiger partial charge >= 0.3 is 0 Å². The molecule has 1 fully saturated rings. The summed E-state index contributed by atoms with van der Waals surface area (Å²) in [5, 5.41) is 6.07. The molecule has 0 saturated carbocycles. The molecule has 0 spiro atoms. The maximum absolute atomic E-state index is 11.5. The van der Waals surface area contributed by atoms with Gasteiger partial charge in [0.25, 0.3) is 0 Å². The Labute approximate surface area is 83.3 Å². The lowest BCUT2D eigenvalue weighted by Gasteiger charge is -2.15. The molecule has 1 aliphatic heterocycles. The van der Waals surface area contributed by atoms with Crippen molar-refractivity contribution < 1.29 is 4.79 Å². The van der Waals surface area contributed by atoms with Gasteiger partial charge in [-0.05, 0) is 13.3 Å². The van der Waals surface area contributed by atoms with Crippen molar-refractivity contribution in [2.75, 3.05) is 11.6 Å². The van der Waals surface area contributed by atoms with Gasteiger partial charge in [-0.2, -0.15) is 0 Å². The molecule has 1 heterocycles. The predicted octanol–water partition coefficient (Wildman–Crippen LogP) is 0.730. The Hall–Kier alpha value is -0.480. The van der Waals surface area contributed by atoms with E-state index in [-0.39, 0.29) is 18.0 Å². The molecule has 0 bridgehead atoms. The first-order valence-electron chi connectivity index (χ1n) is 4.46. The maximum Gasteiger partial charge on any atom is 0.238 e. The van der Waals surface area contributed by atoms with Crippen LogP contribution < -0.4 is 10.6 Å². The van der Waals surface area contributed by atoms with Crippen LogP contribution in [0.1, 0.15) is 13.3 Å². The maximum atomic E-state index is 11.5. The highest BCUT2D eigenvalue weighted by Gasteiger charge is 2.22. The topological polar surface area (TPSA) is 41.1 Å². The Morgan fingerprint density at radius 2 is 2.69 bits per heavy atom. The molecule has 2 N–H and O–H groups in total. The van der Waals surface area contributed by atoms with Crippen LogP contribution in [0.25, 0.3) is 0 Å². The summed E-state index contributed by atoms with van der Waals surface area (Å²) in [7, 11) is 0. The van der Waals surface area contributed by atoms with Gasteiger partial charge in [0.2, 0.25) is 5.91 Å². The molecule has 1 rings (SSSR count). The van der Waals surface area contributed by atoms with Crippen molar-refractivity contribution in [2.24, 2.45) is 0 Å². The first-order chi connectivity index (χ1) is 6.24. The zero-order valence-electron chi connectivity index (χ0n) is 7.88. The number of carbonyl (C=O) groups is 1. The summed E-state index contributed by atoms with van der Waals surface area (Å²) < 4.78 is 0. The lowest BCUT2D eigenvalue weighted by Crippen LogP contribution is -2.45. The molecule has 74 valence electrons. The van der Waals surface area contributed by atoms with Crippen molar-refractivity contribution in [3.8, 4) is 0 Å². The summed E-state index contributed by atoms with van der Waals surface area (Å²) in [6, 6.07) is 0.190. The van der Waals surface area contributed by atoms with Crippen molar-refractivity contribution in [3.63, 3.8) is 0 Å². The Kier molecular flexibility index (Phi) is 4.32. The van der Waals surface area contributed by atoms with Crippen LogP contribution in [0, 0.1) is 0 Å². The van der Waals surface area contributed by atoms with Crippen molar-refractivity contribution >= 4 is 17.7 Å². The van der Waals surface area contributed by atoms with E-state index in [2.05, 4.69) is 17.2 Å². The Morgan fingerprint density at radius 1 is 1.92 bits per heavy atom. The van der Waals surface area contributed by atoms with Gasteiger partial charge in [0.15, 0.2) is 0 Å². The molecule has 13 heavy (non-hydrogen) atoms. The van der Waals surface area contributed by atoms with Crippen LogP contribution in [0.15, 0.2) is 12.7 Å². The zero-order valence-corrected chi connectivity index (χ0v) is 8.69. The van der Waals surface area contributed by atoms with E-state index in [1.165, 1.54) is 0 Å². The molecule has 1 saturated heterocycles. The first-order valence-corrected chi connectivity index (χ1v) is 5.62. The number of amides is 1. The summed E-state index contributed by atoms with van der Waals surface area (Å²) in [5.41, 5.74) is 0. The van der Waals surface area contributed by atoms with Gasteiger partial charge in [0.1, 0.15) is 0 Å². The number of hydrogen-bond donors (Lipinski definition) is 2. The Bertz CT molecular complexity index is 190. The van der Waals surface area contributed by atoms with E-state index >= 15 is 0 Å². The summed E-state index contributed by atoms with van der Waals surface area (Å²) >= 11 is 1.76. The Morgan fingerprint density at radius 3 is 3.23 bits per heavy atom. The first kappa shape index (κ1) is 10.6. The monoisotopic (exact) mass is 200 g/mol. The second kappa shape index (κ2) is 5.29. The van der Waals surface area contributed by atoms with Crippen molar-refractivity contribution in [3.05, 3.63) is 12.7 Å². The van der Waals surface area contributed by atoms with E-state index in [0.717, 1.165) is 18.1 Å². The zero-order chi connectivity index (χ0) is 9.68. The number of hydrogen-bond acceptors (Lipinski definition) is 3. The molecule has 2 atom stereocenters. The predicted molar refractivity (Wildman–Crippen MR) is 56.7 cm³/mol. The average Bonchev–Trinajstić information content (AvgIpc) is 2.55. The standard InChI is InChI=1S/C9H16N2OS/c1-3-4-7(2)11-9(12)8-5-13-6-10-8/h3,7-8,10H,1,4-6H2,2H3,(H,11,12)/t7?,8-/m1/s1. The summed E-state index contributed by atoms with van der Waals surface area (Å²) in [4.78, 5) is 11.5. The molecule has 0 radical (unpaired) electrons. The van der Waals surface area contributed by atoms with Gasteiger partial charge < -0.3 is 5.32 Å². The molecule has 1 amide bonds. The second-order valence-electron chi connectivity index (χ2n) is 3.21. The molecule has 3 nitrogen and oxygen atoms in total. The van der Waals surface area contributed by atoms with Crippen LogP contribution in [0.2, 0.25) is 0 Å². The molecule has 0 aromatic carbocycles. The highest BCUT2D eigenvalue weighted by Crippen LogP contribution is 2.09. The van der Waals surface area contributed by atoms with Crippen LogP contribution in [0.5, 0.6) is 0 Å². The van der Waals surface area contributed by atoms with Gasteiger partial charge in [-0.1, -0.05) is 6.08 Å².